The number of halogens is 2. The zero-order chi connectivity index (χ0) is 15.5. The predicted octanol–water partition coefficient (Wildman–Crippen LogP) is 3.10. The lowest BCUT2D eigenvalue weighted by Gasteiger charge is -2.11. The molecule has 2 rings (SSSR count). The standard InChI is InChI=1S/C14H14Cl2N2O2S/c15-11-8-12(16)14(13(17)9-11)21(19,20)18-7-6-10-4-2-1-3-5-10/h1-5,8-9,18H,6-7,17H2. The summed E-state index contributed by atoms with van der Waals surface area (Å²) in [5.41, 5.74) is 6.77. The smallest absolute Gasteiger partial charge is 0.244 e. The van der Waals surface area contributed by atoms with E-state index in [1.54, 1.807) is 0 Å². The fraction of sp³-hybridized carbons (Fsp3) is 0.143. The first-order chi connectivity index (χ1) is 9.90. The van der Waals surface area contributed by atoms with Gasteiger partial charge in [0.25, 0.3) is 0 Å². The van der Waals surface area contributed by atoms with Gasteiger partial charge in [0.15, 0.2) is 0 Å². The third-order valence-corrected chi connectivity index (χ3v) is 5.06. The molecule has 0 saturated heterocycles. The topological polar surface area (TPSA) is 72.2 Å². The Balaban J connectivity index is 2.12. The Hall–Kier alpha value is -1.27. The van der Waals surface area contributed by atoms with E-state index < -0.39 is 10.0 Å². The van der Waals surface area contributed by atoms with Gasteiger partial charge in [-0.3, -0.25) is 0 Å². The Morgan fingerprint density at radius 2 is 1.76 bits per heavy atom. The summed E-state index contributed by atoms with van der Waals surface area (Å²) in [4.78, 5) is -0.137. The number of anilines is 1. The molecule has 0 fully saturated rings. The van der Waals surface area contributed by atoms with Crippen molar-refractivity contribution in [3.05, 3.63) is 58.1 Å². The van der Waals surface area contributed by atoms with Crippen LogP contribution in [0.3, 0.4) is 0 Å². The molecular formula is C14H14Cl2N2O2S. The third kappa shape index (κ3) is 4.11. The molecule has 0 atom stereocenters. The van der Waals surface area contributed by atoms with Gasteiger partial charge >= 0.3 is 0 Å². The zero-order valence-electron chi connectivity index (χ0n) is 11.0. The van der Waals surface area contributed by atoms with Crippen LogP contribution < -0.4 is 10.5 Å². The molecule has 112 valence electrons. The van der Waals surface area contributed by atoms with Crippen LogP contribution in [-0.4, -0.2) is 15.0 Å². The van der Waals surface area contributed by atoms with Crippen molar-refractivity contribution in [1.29, 1.82) is 0 Å². The molecule has 4 nitrogen and oxygen atoms in total. The molecule has 0 aliphatic heterocycles. The second-order valence-electron chi connectivity index (χ2n) is 4.44. The highest BCUT2D eigenvalue weighted by Crippen LogP contribution is 2.30. The second kappa shape index (κ2) is 6.66. The molecule has 0 heterocycles. The highest BCUT2D eigenvalue weighted by atomic mass is 35.5. The van der Waals surface area contributed by atoms with Crippen molar-refractivity contribution >= 4 is 38.9 Å². The maximum atomic E-state index is 12.3. The van der Waals surface area contributed by atoms with Crippen LogP contribution in [0.1, 0.15) is 5.56 Å². The van der Waals surface area contributed by atoms with Gasteiger partial charge in [0.1, 0.15) is 4.90 Å². The summed E-state index contributed by atoms with van der Waals surface area (Å²) in [6.45, 7) is 0.255. The number of rotatable bonds is 5. The molecule has 21 heavy (non-hydrogen) atoms. The number of nitrogen functional groups attached to an aromatic ring is 1. The molecule has 2 aromatic carbocycles. The first-order valence-electron chi connectivity index (χ1n) is 6.18. The van der Waals surface area contributed by atoms with E-state index in [4.69, 9.17) is 28.9 Å². The van der Waals surface area contributed by atoms with Crippen LogP contribution in [0.15, 0.2) is 47.4 Å². The van der Waals surface area contributed by atoms with Crippen LogP contribution in [0.5, 0.6) is 0 Å². The number of hydrogen-bond acceptors (Lipinski definition) is 3. The lowest BCUT2D eigenvalue weighted by Crippen LogP contribution is -2.27. The zero-order valence-corrected chi connectivity index (χ0v) is 13.3. The van der Waals surface area contributed by atoms with Crippen LogP contribution >= 0.6 is 23.2 Å². The number of nitrogens with one attached hydrogen (secondary N) is 1. The predicted molar refractivity (Wildman–Crippen MR) is 86.2 cm³/mol. The van der Waals surface area contributed by atoms with Crippen molar-refractivity contribution in [2.45, 2.75) is 11.3 Å². The van der Waals surface area contributed by atoms with Gasteiger partial charge in [-0.2, -0.15) is 0 Å². The van der Waals surface area contributed by atoms with E-state index >= 15 is 0 Å². The van der Waals surface area contributed by atoms with Gasteiger partial charge in [-0.15, -0.1) is 0 Å². The summed E-state index contributed by atoms with van der Waals surface area (Å²) >= 11 is 11.7. The molecule has 0 amide bonds. The lowest BCUT2D eigenvalue weighted by molar-refractivity contribution is 0.582. The fourth-order valence-corrected chi connectivity index (χ4v) is 3.92. The van der Waals surface area contributed by atoms with Crippen LogP contribution in [0, 0.1) is 0 Å². The van der Waals surface area contributed by atoms with Gasteiger partial charge in [0.2, 0.25) is 10.0 Å². The summed E-state index contributed by atoms with van der Waals surface area (Å²) in [6, 6.07) is 12.3. The molecule has 0 radical (unpaired) electrons. The third-order valence-electron chi connectivity index (χ3n) is 2.85. The molecule has 0 aliphatic rings. The van der Waals surface area contributed by atoms with Crippen molar-refractivity contribution in [3.8, 4) is 0 Å². The van der Waals surface area contributed by atoms with Crippen LogP contribution in [0.4, 0.5) is 5.69 Å². The molecule has 7 heteroatoms. The number of sulfonamides is 1. The van der Waals surface area contributed by atoms with E-state index in [1.807, 2.05) is 30.3 Å². The van der Waals surface area contributed by atoms with Crippen LogP contribution in [-0.2, 0) is 16.4 Å². The summed E-state index contributed by atoms with van der Waals surface area (Å²) in [7, 11) is -3.77. The van der Waals surface area contributed by atoms with Crippen molar-refractivity contribution in [1.82, 2.24) is 4.72 Å². The van der Waals surface area contributed by atoms with Crippen molar-refractivity contribution < 1.29 is 8.42 Å². The number of hydrogen-bond donors (Lipinski definition) is 2. The van der Waals surface area contributed by atoms with E-state index in [1.165, 1.54) is 12.1 Å². The van der Waals surface area contributed by atoms with Crippen molar-refractivity contribution in [3.63, 3.8) is 0 Å². The first kappa shape index (κ1) is 16.1. The van der Waals surface area contributed by atoms with Gasteiger partial charge in [0.05, 0.1) is 10.7 Å². The summed E-state index contributed by atoms with van der Waals surface area (Å²) < 4.78 is 27.0. The summed E-state index contributed by atoms with van der Waals surface area (Å²) in [5.74, 6) is 0. The van der Waals surface area contributed by atoms with Crippen LogP contribution in [0.2, 0.25) is 10.0 Å². The molecule has 0 aliphatic carbocycles. The maximum Gasteiger partial charge on any atom is 0.244 e. The molecule has 0 unspecified atom stereocenters. The minimum atomic E-state index is -3.77. The molecule has 0 saturated carbocycles. The molecule has 0 aromatic heterocycles. The van der Waals surface area contributed by atoms with Gasteiger partial charge < -0.3 is 5.73 Å². The molecule has 0 bridgehead atoms. The van der Waals surface area contributed by atoms with E-state index in [0.29, 0.717) is 11.4 Å². The Kier molecular flexibility index (Phi) is 5.11. The Labute approximate surface area is 133 Å². The molecule has 2 aromatic rings. The maximum absolute atomic E-state index is 12.3. The summed E-state index contributed by atoms with van der Waals surface area (Å²) in [5, 5.41) is 0.299. The molecule has 0 spiro atoms. The Morgan fingerprint density at radius 1 is 1.10 bits per heavy atom. The highest BCUT2D eigenvalue weighted by molar-refractivity contribution is 7.89. The van der Waals surface area contributed by atoms with Gasteiger partial charge in [-0.05, 0) is 24.1 Å². The van der Waals surface area contributed by atoms with E-state index in [-0.39, 0.29) is 22.2 Å². The lowest BCUT2D eigenvalue weighted by atomic mass is 10.2. The normalized spacial score (nSPS) is 11.5. The Bertz CT molecular complexity index is 711. The monoisotopic (exact) mass is 344 g/mol. The SMILES string of the molecule is Nc1cc(Cl)cc(Cl)c1S(=O)(=O)NCCc1ccccc1. The first-order valence-corrected chi connectivity index (χ1v) is 8.42. The molecule has 3 N–H and O–H groups in total. The minimum Gasteiger partial charge on any atom is -0.398 e. The Morgan fingerprint density at radius 3 is 2.38 bits per heavy atom. The average molecular weight is 345 g/mol. The van der Waals surface area contributed by atoms with Gasteiger partial charge in [0, 0.05) is 11.6 Å². The van der Waals surface area contributed by atoms with E-state index in [2.05, 4.69) is 4.72 Å². The largest absolute Gasteiger partial charge is 0.398 e. The minimum absolute atomic E-state index is 0.00668. The van der Waals surface area contributed by atoms with Crippen molar-refractivity contribution in [2.24, 2.45) is 0 Å². The summed E-state index contributed by atoms with van der Waals surface area (Å²) in [6.07, 6.45) is 0.575. The quantitative estimate of drug-likeness (QED) is 0.818. The number of benzene rings is 2. The molecular weight excluding hydrogens is 331 g/mol. The fourth-order valence-electron chi connectivity index (χ4n) is 1.91. The van der Waals surface area contributed by atoms with E-state index in [9.17, 15) is 8.42 Å². The van der Waals surface area contributed by atoms with Gasteiger partial charge in [-0.25, -0.2) is 13.1 Å². The number of nitrogens with two attached hydrogens (primary N) is 1. The van der Waals surface area contributed by atoms with Gasteiger partial charge in [-0.1, -0.05) is 53.5 Å². The highest BCUT2D eigenvalue weighted by Gasteiger charge is 2.21. The van der Waals surface area contributed by atoms with Crippen LogP contribution in [0.25, 0.3) is 0 Å². The second-order valence-corrected chi connectivity index (χ2v) is 6.99. The van der Waals surface area contributed by atoms with E-state index in [0.717, 1.165) is 5.56 Å². The average Bonchev–Trinajstić information content (AvgIpc) is 2.38. The van der Waals surface area contributed by atoms with Crippen molar-refractivity contribution in [2.75, 3.05) is 12.3 Å².